The molecule has 154 valence electrons. The van der Waals surface area contributed by atoms with Crippen LogP contribution in [-0.4, -0.2) is 15.3 Å². The number of imidazole rings is 1. The zero-order valence-corrected chi connectivity index (χ0v) is 17.4. The Bertz CT molecular complexity index is 1250. The highest BCUT2D eigenvalue weighted by Crippen LogP contribution is 2.17. The van der Waals surface area contributed by atoms with Crippen LogP contribution in [0.1, 0.15) is 45.7 Å². The molecule has 6 heteroatoms. The van der Waals surface area contributed by atoms with Gasteiger partial charge in [0.1, 0.15) is 18.0 Å². The Hall–Kier alpha value is -4.11. The Labute approximate surface area is 180 Å². The number of amides is 1. The molecule has 4 aromatic rings. The van der Waals surface area contributed by atoms with Gasteiger partial charge in [-0.3, -0.25) is 4.79 Å². The van der Waals surface area contributed by atoms with Gasteiger partial charge in [0.2, 0.25) is 0 Å². The summed E-state index contributed by atoms with van der Waals surface area (Å²) in [5.74, 6) is 0.504. The van der Waals surface area contributed by atoms with Gasteiger partial charge in [-0.05, 0) is 67.4 Å². The van der Waals surface area contributed by atoms with Gasteiger partial charge in [-0.15, -0.1) is 0 Å². The number of rotatable bonds is 6. The molecule has 0 saturated heterocycles. The van der Waals surface area contributed by atoms with Crippen LogP contribution >= 0.6 is 0 Å². The number of ether oxygens (including phenoxy) is 1. The van der Waals surface area contributed by atoms with E-state index in [4.69, 9.17) is 10.00 Å². The Morgan fingerprint density at radius 2 is 1.90 bits per heavy atom. The lowest BCUT2D eigenvalue weighted by molar-refractivity contribution is 0.0940. The van der Waals surface area contributed by atoms with Crippen molar-refractivity contribution in [2.45, 2.75) is 26.5 Å². The van der Waals surface area contributed by atoms with Crippen molar-refractivity contribution < 1.29 is 9.53 Å². The maximum Gasteiger partial charge on any atom is 0.251 e. The summed E-state index contributed by atoms with van der Waals surface area (Å²) in [6.45, 7) is 4.29. The molecule has 1 N–H and O–H groups in total. The molecule has 0 aliphatic rings. The first-order valence-electron chi connectivity index (χ1n) is 10.0. The highest BCUT2D eigenvalue weighted by atomic mass is 16.5. The van der Waals surface area contributed by atoms with Crippen LogP contribution in [-0.2, 0) is 6.61 Å². The minimum absolute atomic E-state index is 0.167. The number of fused-ring (bicyclic) bond motifs is 1. The fourth-order valence-corrected chi connectivity index (χ4v) is 3.34. The second kappa shape index (κ2) is 8.72. The van der Waals surface area contributed by atoms with Gasteiger partial charge >= 0.3 is 0 Å². The molecule has 0 fully saturated rings. The molecule has 31 heavy (non-hydrogen) atoms. The van der Waals surface area contributed by atoms with Gasteiger partial charge in [0.15, 0.2) is 0 Å². The zero-order chi connectivity index (χ0) is 21.8. The van der Waals surface area contributed by atoms with Gasteiger partial charge in [0.25, 0.3) is 5.91 Å². The molecule has 0 aliphatic carbocycles. The third-order valence-corrected chi connectivity index (χ3v) is 5.12. The van der Waals surface area contributed by atoms with E-state index in [-0.39, 0.29) is 11.9 Å². The largest absolute Gasteiger partial charge is 0.487 e. The lowest BCUT2D eigenvalue weighted by Crippen LogP contribution is -2.26. The molecular weight excluding hydrogens is 388 g/mol. The van der Waals surface area contributed by atoms with Crippen LogP contribution in [0.2, 0.25) is 0 Å². The van der Waals surface area contributed by atoms with E-state index in [0.717, 1.165) is 22.5 Å². The summed E-state index contributed by atoms with van der Waals surface area (Å²) in [6, 6.07) is 20.2. The Morgan fingerprint density at radius 1 is 1.16 bits per heavy atom. The number of nitrogens with zero attached hydrogens (tertiary/aromatic N) is 3. The van der Waals surface area contributed by atoms with Gasteiger partial charge in [-0.25, -0.2) is 4.98 Å². The maximum absolute atomic E-state index is 12.6. The molecule has 6 nitrogen and oxygen atoms in total. The topological polar surface area (TPSA) is 79.4 Å². The maximum atomic E-state index is 12.6. The minimum Gasteiger partial charge on any atom is -0.487 e. The molecule has 2 heterocycles. The highest BCUT2D eigenvalue weighted by Gasteiger charge is 2.12. The van der Waals surface area contributed by atoms with Gasteiger partial charge in [-0.1, -0.05) is 18.2 Å². The highest BCUT2D eigenvalue weighted by molar-refractivity contribution is 5.94. The number of benzene rings is 2. The molecule has 2 aromatic carbocycles. The normalized spacial score (nSPS) is 11.6. The first-order valence-corrected chi connectivity index (χ1v) is 10.0. The standard InChI is InChI=1S/C25H22N4O2/c1-17-4-3-13-29-15-22(28-24(17)29)16-31-23-11-9-21(10-12-23)25(30)27-18(2)20-7-5-19(14-26)6-8-20/h3-13,15,18H,16H2,1-2H3,(H,27,30). The molecule has 0 radical (unpaired) electrons. The molecule has 2 aromatic heterocycles. The van der Waals surface area contributed by atoms with Crippen LogP contribution in [0, 0.1) is 18.3 Å². The number of nitriles is 1. The summed E-state index contributed by atoms with van der Waals surface area (Å²) in [6.07, 6.45) is 3.92. The van der Waals surface area contributed by atoms with Crippen LogP contribution < -0.4 is 10.1 Å². The minimum atomic E-state index is -0.172. The second-order valence-electron chi connectivity index (χ2n) is 7.40. The number of aryl methyl sites for hydroxylation is 1. The van der Waals surface area contributed by atoms with E-state index in [0.29, 0.717) is 23.5 Å². The number of nitrogens with one attached hydrogen (secondary N) is 1. The third kappa shape index (κ3) is 4.57. The predicted octanol–water partition coefficient (Wildman–Crippen LogP) is 4.58. The smallest absolute Gasteiger partial charge is 0.251 e. The number of aromatic nitrogens is 2. The van der Waals surface area contributed by atoms with Gasteiger partial charge in [-0.2, -0.15) is 5.26 Å². The van der Waals surface area contributed by atoms with Crippen molar-refractivity contribution in [3.8, 4) is 11.8 Å². The first kappa shape index (κ1) is 20.2. The summed E-state index contributed by atoms with van der Waals surface area (Å²) < 4.78 is 7.82. The molecule has 0 saturated carbocycles. The van der Waals surface area contributed by atoms with Crippen LogP contribution in [0.4, 0.5) is 0 Å². The lowest BCUT2D eigenvalue weighted by atomic mass is 10.1. The Kier molecular flexibility index (Phi) is 5.67. The number of pyridine rings is 1. The SMILES string of the molecule is Cc1cccn2cc(COc3ccc(C(=O)NC(C)c4ccc(C#N)cc4)cc3)nc12. The molecule has 1 atom stereocenters. The first-order chi connectivity index (χ1) is 15.0. The molecule has 1 unspecified atom stereocenters. The quantitative estimate of drug-likeness (QED) is 0.504. The fraction of sp³-hybridized carbons (Fsp3) is 0.160. The van der Waals surface area contributed by atoms with Crippen LogP contribution in [0.5, 0.6) is 5.75 Å². The summed E-state index contributed by atoms with van der Waals surface area (Å²) in [7, 11) is 0. The van der Waals surface area contributed by atoms with Gasteiger partial charge in [0, 0.05) is 18.0 Å². The fourth-order valence-electron chi connectivity index (χ4n) is 3.34. The van der Waals surface area contributed by atoms with Gasteiger partial charge in [0.05, 0.1) is 23.4 Å². The molecule has 0 bridgehead atoms. The molecule has 0 spiro atoms. The van der Waals surface area contributed by atoms with E-state index >= 15 is 0 Å². The van der Waals surface area contributed by atoms with Crippen molar-refractivity contribution in [3.63, 3.8) is 0 Å². The van der Waals surface area contributed by atoms with E-state index in [1.807, 2.05) is 54.9 Å². The number of hydrogen-bond acceptors (Lipinski definition) is 4. The zero-order valence-electron chi connectivity index (χ0n) is 17.4. The Balaban J connectivity index is 1.36. The molecular formula is C25H22N4O2. The van der Waals surface area contributed by atoms with Crippen LogP contribution in [0.15, 0.2) is 73.1 Å². The van der Waals surface area contributed by atoms with E-state index in [9.17, 15) is 4.79 Å². The number of carbonyl (C=O) groups is 1. The lowest BCUT2D eigenvalue weighted by Gasteiger charge is -2.14. The van der Waals surface area contributed by atoms with Crippen molar-refractivity contribution in [1.82, 2.24) is 14.7 Å². The number of hydrogen-bond donors (Lipinski definition) is 1. The average Bonchev–Trinajstić information content (AvgIpc) is 3.22. The van der Waals surface area contributed by atoms with E-state index < -0.39 is 0 Å². The summed E-state index contributed by atoms with van der Waals surface area (Å²) in [4.78, 5) is 17.2. The third-order valence-electron chi connectivity index (χ3n) is 5.12. The van der Waals surface area contributed by atoms with Crippen LogP contribution in [0.25, 0.3) is 5.65 Å². The van der Waals surface area contributed by atoms with Crippen molar-refractivity contribution in [2.24, 2.45) is 0 Å². The molecule has 4 rings (SSSR count). The Morgan fingerprint density at radius 3 is 2.58 bits per heavy atom. The predicted molar refractivity (Wildman–Crippen MR) is 118 cm³/mol. The van der Waals surface area contributed by atoms with E-state index in [1.54, 1.807) is 36.4 Å². The van der Waals surface area contributed by atoms with E-state index in [1.165, 1.54) is 0 Å². The summed E-state index contributed by atoms with van der Waals surface area (Å²) >= 11 is 0. The van der Waals surface area contributed by atoms with Gasteiger partial charge < -0.3 is 14.5 Å². The number of carbonyl (C=O) groups excluding carboxylic acids is 1. The second-order valence-corrected chi connectivity index (χ2v) is 7.40. The van der Waals surface area contributed by atoms with E-state index in [2.05, 4.69) is 16.4 Å². The summed E-state index contributed by atoms with van der Waals surface area (Å²) in [5.41, 5.74) is 4.96. The van der Waals surface area contributed by atoms with Crippen LogP contribution in [0.3, 0.4) is 0 Å². The van der Waals surface area contributed by atoms with Crippen molar-refractivity contribution in [3.05, 3.63) is 101 Å². The monoisotopic (exact) mass is 410 g/mol. The average molecular weight is 410 g/mol. The van der Waals surface area contributed by atoms with Crippen molar-refractivity contribution in [2.75, 3.05) is 0 Å². The molecule has 0 aliphatic heterocycles. The van der Waals surface area contributed by atoms with Crippen molar-refractivity contribution >= 4 is 11.6 Å². The van der Waals surface area contributed by atoms with Crippen molar-refractivity contribution in [1.29, 1.82) is 5.26 Å². The molecule has 1 amide bonds. The summed E-state index contributed by atoms with van der Waals surface area (Å²) in [5, 5.41) is 11.9.